The maximum absolute atomic E-state index is 12.1. The van der Waals surface area contributed by atoms with E-state index in [2.05, 4.69) is 9.64 Å². The topological polar surface area (TPSA) is 111 Å². The van der Waals surface area contributed by atoms with Gasteiger partial charge in [-0.05, 0) is 57.0 Å². The van der Waals surface area contributed by atoms with E-state index in [-0.39, 0.29) is 23.8 Å². The van der Waals surface area contributed by atoms with Gasteiger partial charge in [0.15, 0.2) is 0 Å². The van der Waals surface area contributed by atoms with Crippen LogP contribution < -0.4 is 8.91 Å². The number of rotatable bonds is 6. The fourth-order valence-corrected chi connectivity index (χ4v) is 4.69. The molecular formula is C19H26N2O7S. The minimum absolute atomic E-state index is 0.122. The Balaban J connectivity index is 1.52. The third-order valence-corrected chi connectivity index (χ3v) is 6.16. The number of benzene rings is 1. The zero-order valence-corrected chi connectivity index (χ0v) is 17.2. The number of esters is 1. The molecule has 2 aliphatic rings. The number of carbonyl (C=O) groups is 2. The lowest BCUT2D eigenvalue weighted by Gasteiger charge is -2.44. The molecule has 2 aliphatic heterocycles. The quantitative estimate of drug-likeness (QED) is 0.689. The number of piperidine rings is 2. The fourth-order valence-electron chi connectivity index (χ4n) is 4.03. The lowest BCUT2D eigenvalue weighted by molar-refractivity contribution is 0.0244. The molecule has 2 atom stereocenters. The predicted octanol–water partition coefficient (Wildman–Crippen LogP) is 2.09. The predicted molar refractivity (Wildman–Crippen MR) is 104 cm³/mol. The van der Waals surface area contributed by atoms with Crippen LogP contribution >= 0.6 is 0 Å². The molecule has 1 aromatic carbocycles. The summed E-state index contributed by atoms with van der Waals surface area (Å²) in [6, 6.07) is 5.83. The number of nitrogens with zero attached hydrogens (tertiary/aromatic N) is 1. The number of ether oxygens (including phenoxy) is 2. The van der Waals surface area contributed by atoms with Gasteiger partial charge in [0.25, 0.3) is 0 Å². The van der Waals surface area contributed by atoms with Crippen LogP contribution in [0.25, 0.3) is 0 Å². The molecule has 0 aliphatic carbocycles. The van der Waals surface area contributed by atoms with E-state index < -0.39 is 22.4 Å². The van der Waals surface area contributed by atoms with Gasteiger partial charge in [0.1, 0.15) is 5.75 Å². The van der Waals surface area contributed by atoms with Crippen molar-refractivity contribution >= 4 is 22.4 Å². The van der Waals surface area contributed by atoms with Crippen molar-refractivity contribution in [2.45, 2.75) is 38.1 Å². The molecule has 2 saturated heterocycles. The molecule has 0 spiro atoms. The highest BCUT2D eigenvalue weighted by atomic mass is 32.2. The number of carbonyl (C=O) groups excluding carboxylic acids is 2. The molecule has 2 fully saturated rings. The van der Waals surface area contributed by atoms with Gasteiger partial charge in [0, 0.05) is 12.0 Å². The van der Waals surface area contributed by atoms with Gasteiger partial charge in [-0.25, -0.2) is 9.59 Å². The Bertz CT molecular complexity index is 841. The standard InChI is InChI=1S/C19H26N2O7S/c1-26-18(22)14-6-4-8-16(12-14)28-29(24,25)20-19(23)27-13-15-7-5-11-21-10-3-2-9-17(15)21/h4,6,8,12,15,17H,2-3,5,7,9-11,13H2,1H3,(H,20,23). The van der Waals surface area contributed by atoms with Crippen LogP contribution in [0, 0.1) is 5.92 Å². The molecule has 2 unspecified atom stereocenters. The highest BCUT2D eigenvalue weighted by molar-refractivity contribution is 7.85. The molecule has 0 radical (unpaired) electrons. The summed E-state index contributed by atoms with van der Waals surface area (Å²) in [5.74, 6) is -0.557. The van der Waals surface area contributed by atoms with Crippen molar-refractivity contribution in [3.8, 4) is 5.75 Å². The third kappa shape index (κ3) is 5.83. The van der Waals surface area contributed by atoms with Crippen LogP contribution in [0.1, 0.15) is 42.5 Å². The van der Waals surface area contributed by atoms with Crippen LogP contribution in [-0.2, 0) is 19.8 Å². The van der Waals surface area contributed by atoms with Gasteiger partial charge in [-0.15, -0.1) is 0 Å². The van der Waals surface area contributed by atoms with Crippen molar-refractivity contribution in [3.63, 3.8) is 0 Å². The monoisotopic (exact) mass is 426 g/mol. The smallest absolute Gasteiger partial charge is 0.423 e. The number of hydrogen-bond donors (Lipinski definition) is 1. The van der Waals surface area contributed by atoms with Gasteiger partial charge in [0.2, 0.25) is 0 Å². The molecule has 0 aromatic heterocycles. The second-order valence-electron chi connectivity index (χ2n) is 7.26. The Morgan fingerprint density at radius 3 is 2.76 bits per heavy atom. The van der Waals surface area contributed by atoms with Crippen molar-refractivity contribution in [1.82, 2.24) is 9.62 Å². The first-order chi connectivity index (χ1) is 13.9. The Labute approximate surface area is 170 Å². The second kappa shape index (κ2) is 9.45. The molecule has 1 amide bonds. The molecule has 9 nitrogen and oxygen atoms in total. The summed E-state index contributed by atoms with van der Waals surface area (Å²) in [6.07, 6.45) is 4.35. The van der Waals surface area contributed by atoms with Gasteiger partial charge in [-0.2, -0.15) is 13.1 Å². The molecule has 29 heavy (non-hydrogen) atoms. The average molecular weight is 426 g/mol. The summed E-state index contributed by atoms with van der Waals surface area (Å²) in [7, 11) is -3.24. The first-order valence-electron chi connectivity index (χ1n) is 9.69. The lowest BCUT2D eigenvalue weighted by Crippen LogP contribution is -2.49. The number of methoxy groups -OCH3 is 1. The lowest BCUT2D eigenvalue weighted by atomic mass is 9.84. The molecule has 10 heteroatoms. The molecule has 3 rings (SSSR count). The molecule has 2 heterocycles. The van der Waals surface area contributed by atoms with E-state index in [1.165, 1.54) is 37.8 Å². The summed E-state index contributed by atoms with van der Waals surface area (Å²) >= 11 is 0. The van der Waals surface area contributed by atoms with E-state index in [9.17, 15) is 18.0 Å². The van der Waals surface area contributed by atoms with Crippen molar-refractivity contribution < 1.29 is 31.7 Å². The van der Waals surface area contributed by atoms with E-state index in [0.29, 0.717) is 6.04 Å². The minimum Gasteiger partial charge on any atom is -0.465 e. The number of amides is 1. The van der Waals surface area contributed by atoms with Crippen LogP contribution in [0.2, 0.25) is 0 Å². The minimum atomic E-state index is -4.45. The Hall–Kier alpha value is -2.33. The van der Waals surface area contributed by atoms with E-state index in [4.69, 9.17) is 8.92 Å². The van der Waals surface area contributed by atoms with E-state index in [1.54, 1.807) is 4.72 Å². The van der Waals surface area contributed by atoms with Crippen molar-refractivity contribution in [3.05, 3.63) is 29.8 Å². The van der Waals surface area contributed by atoms with Gasteiger partial charge < -0.3 is 13.7 Å². The Kier molecular flexibility index (Phi) is 6.96. The summed E-state index contributed by atoms with van der Waals surface area (Å²) in [5, 5.41) is 0. The van der Waals surface area contributed by atoms with Crippen molar-refractivity contribution in [1.29, 1.82) is 0 Å². The SMILES string of the molecule is COC(=O)c1cccc(OS(=O)(=O)NC(=O)OCC2CCCN3CCCCC23)c1. The van der Waals surface area contributed by atoms with Crippen LogP contribution in [0.3, 0.4) is 0 Å². The van der Waals surface area contributed by atoms with Crippen molar-refractivity contribution in [2.24, 2.45) is 5.92 Å². The highest BCUT2D eigenvalue weighted by Gasteiger charge is 2.34. The molecule has 1 aromatic rings. The molecule has 160 valence electrons. The zero-order chi connectivity index (χ0) is 20.9. The summed E-state index contributed by atoms with van der Waals surface area (Å²) in [4.78, 5) is 26.0. The molecule has 1 N–H and O–H groups in total. The maximum Gasteiger partial charge on any atom is 0.423 e. The number of nitrogens with one attached hydrogen (secondary N) is 1. The highest BCUT2D eigenvalue weighted by Crippen LogP contribution is 2.31. The normalized spacial score (nSPS) is 22.2. The number of fused-ring (bicyclic) bond motifs is 1. The first kappa shape index (κ1) is 21.4. The molecule has 0 saturated carbocycles. The number of hydrogen-bond acceptors (Lipinski definition) is 8. The summed E-state index contributed by atoms with van der Waals surface area (Å²) < 4.78 is 40.5. The second-order valence-corrected chi connectivity index (χ2v) is 8.54. The van der Waals surface area contributed by atoms with Crippen LogP contribution in [0.15, 0.2) is 24.3 Å². The largest absolute Gasteiger partial charge is 0.465 e. The summed E-state index contributed by atoms with van der Waals surface area (Å²) in [5.41, 5.74) is 0.122. The van der Waals surface area contributed by atoms with Crippen LogP contribution in [0.5, 0.6) is 5.75 Å². The Morgan fingerprint density at radius 1 is 1.17 bits per heavy atom. The fraction of sp³-hybridized carbons (Fsp3) is 0.579. The average Bonchev–Trinajstić information content (AvgIpc) is 2.71. The van der Waals surface area contributed by atoms with E-state index >= 15 is 0 Å². The van der Waals surface area contributed by atoms with Gasteiger partial charge in [-0.1, -0.05) is 12.5 Å². The van der Waals surface area contributed by atoms with E-state index in [0.717, 1.165) is 38.8 Å². The third-order valence-electron chi connectivity index (χ3n) is 5.33. The van der Waals surface area contributed by atoms with Crippen LogP contribution in [-0.4, -0.2) is 58.2 Å². The summed E-state index contributed by atoms with van der Waals surface area (Å²) in [6.45, 7) is 2.31. The van der Waals surface area contributed by atoms with Gasteiger partial charge >= 0.3 is 22.4 Å². The van der Waals surface area contributed by atoms with Crippen LogP contribution in [0.4, 0.5) is 4.79 Å². The van der Waals surface area contributed by atoms with E-state index in [1.807, 2.05) is 0 Å². The molecule has 0 bridgehead atoms. The first-order valence-corrected chi connectivity index (χ1v) is 11.1. The molecular weight excluding hydrogens is 400 g/mol. The van der Waals surface area contributed by atoms with Crippen molar-refractivity contribution in [2.75, 3.05) is 26.8 Å². The van der Waals surface area contributed by atoms with Gasteiger partial charge in [0.05, 0.1) is 19.3 Å². The zero-order valence-electron chi connectivity index (χ0n) is 16.3. The van der Waals surface area contributed by atoms with Gasteiger partial charge in [-0.3, -0.25) is 4.90 Å². The maximum atomic E-state index is 12.1. The Morgan fingerprint density at radius 2 is 1.97 bits per heavy atom.